The molecule has 2 aromatic carbocycles. The molecule has 2 aliphatic carbocycles. The molecule has 2 aliphatic heterocycles. The van der Waals surface area contributed by atoms with Crippen molar-refractivity contribution in [3.05, 3.63) is 81.1 Å². The number of hydrogen-bond donors (Lipinski definition) is 4. The summed E-state index contributed by atoms with van der Waals surface area (Å²) in [5.74, 6) is 0.618. The van der Waals surface area contributed by atoms with Crippen LogP contribution in [0.25, 0.3) is 11.1 Å². The van der Waals surface area contributed by atoms with E-state index in [1.165, 1.54) is 38.5 Å². The molecule has 2 aromatic heterocycles. The van der Waals surface area contributed by atoms with Crippen LogP contribution >= 0.6 is 23.2 Å². The van der Waals surface area contributed by atoms with E-state index < -0.39 is 0 Å². The monoisotopic (exact) mass is 744 g/mol. The van der Waals surface area contributed by atoms with Gasteiger partial charge in [0.25, 0.3) is 11.8 Å². The third-order valence-electron chi connectivity index (χ3n) is 11.9. The molecule has 52 heavy (non-hydrogen) atoms. The van der Waals surface area contributed by atoms with Crippen molar-refractivity contribution in [2.75, 3.05) is 36.9 Å². The summed E-state index contributed by atoms with van der Waals surface area (Å²) in [4.78, 5) is 34.4. The molecule has 4 N–H and O–H groups in total. The average Bonchev–Trinajstić information content (AvgIpc) is 3.95. The summed E-state index contributed by atoms with van der Waals surface area (Å²) in [5.41, 5.74) is 5.94. The van der Waals surface area contributed by atoms with Crippen molar-refractivity contribution in [2.24, 2.45) is 18.4 Å². The zero-order valence-electron chi connectivity index (χ0n) is 29.6. The maximum Gasteiger partial charge on any atom is 0.291 e. The number of aliphatic hydroxyl groups is 1. The van der Waals surface area contributed by atoms with E-state index in [9.17, 15) is 14.7 Å². The molecule has 4 aliphatic rings. The molecule has 2 fully saturated rings. The molecule has 0 spiro atoms. The Morgan fingerprint density at radius 3 is 2.37 bits per heavy atom. The van der Waals surface area contributed by atoms with Crippen molar-refractivity contribution in [1.82, 2.24) is 29.5 Å². The van der Waals surface area contributed by atoms with Crippen molar-refractivity contribution in [3.8, 4) is 11.1 Å². The molecule has 1 atom stereocenters. The quantitative estimate of drug-likeness (QED) is 0.132. The minimum atomic E-state index is -0.379. The van der Waals surface area contributed by atoms with Crippen molar-refractivity contribution < 1.29 is 14.7 Å². The Kier molecular flexibility index (Phi) is 9.90. The summed E-state index contributed by atoms with van der Waals surface area (Å²) in [5, 5.41) is 23.7. The van der Waals surface area contributed by atoms with E-state index in [4.69, 9.17) is 28.2 Å². The lowest BCUT2D eigenvalue weighted by Crippen LogP contribution is -2.34. The zero-order chi connectivity index (χ0) is 36.0. The average molecular weight is 746 g/mol. The minimum absolute atomic E-state index is 0.0238. The first-order valence-electron chi connectivity index (χ1n) is 18.6. The third kappa shape index (κ3) is 6.78. The van der Waals surface area contributed by atoms with E-state index in [1.54, 1.807) is 24.3 Å². The van der Waals surface area contributed by atoms with Gasteiger partial charge in [0.2, 0.25) is 0 Å². The van der Waals surface area contributed by atoms with Crippen LogP contribution in [0.1, 0.15) is 95.6 Å². The largest absolute Gasteiger partial charge is 0.395 e. The standard InChI is InChI=1S/C39H46Cl2N8O3/c1-47-32-12-18-48(19-15-39-13-10-24(22-39)11-14-39)23-31(32)43-36(47)38(52)45-29-8-3-6-26(35(29)41)25-5-2-7-28(34(25)40)44-37(51)30-21-33-27(42-16-20-50)9-4-17-49(33)46-30/h2-3,5-8,21,24,27,42,50H,4,9-20,22-23H2,1H3,(H,44,51)(H,45,52). The molecule has 11 nitrogen and oxygen atoms in total. The summed E-state index contributed by atoms with van der Waals surface area (Å²) in [6, 6.07) is 12.6. The summed E-state index contributed by atoms with van der Waals surface area (Å²) < 4.78 is 3.77. The highest BCUT2D eigenvalue weighted by atomic mass is 35.5. The van der Waals surface area contributed by atoms with Gasteiger partial charge in [-0.25, -0.2) is 4.98 Å². The van der Waals surface area contributed by atoms with E-state index >= 15 is 0 Å². The highest BCUT2D eigenvalue weighted by Crippen LogP contribution is 2.56. The fourth-order valence-corrected chi connectivity index (χ4v) is 9.66. The van der Waals surface area contributed by atoms with Crippen molar-refractivity contribution in [1.29, 1.82) is 0 Å². The predicted octanol–water partition coefficient (Wildman–Crippen LogP) is 6.84. The van der Waals surface area contributed by atoms with E-state index in [-0.39, 0.29) is 30.2 Å². The Balaban J connectivity index is 0.951. The summed E-state index contributed by atoms with van der Waals surface area (Å²) >= 11 is 13.9. The second-order valence-electron chi connectivity index (χ2n) is 15.1. The lowest BCUT2D eigenvalue weighted by molar-refractivity contribution is 0.100. The minimum Gasteiger partial charge on any atom is -0.395 e. The highest BCUT2D eigenvalue weighted by molar-refractivity contribution is 6.40. The number of benzene rings is 2. The molecule has 0 radical (unpaired) electrons. The van der Waals surface area contributed by atoms with Crippen molar-refractivity contribution in [2.45, 2.75) is 76.9 Å². The molecule has 1 unspecified atom stereocenters. The number of anilines is 2. The van der Waals surface area contributed by atoms with Crippen LogP contribution in [0.4, 0.5) is 11.4 Å². The number of amides is 2. The van der Waals surface area contributed by atoms with Crippen LogP contribution in [0.15, 0.2) is 42.5 Å². The molecule has 8 rings (SSSR count). The maximum absolute atomic E-state index is 13.7. The van der Waals surface area contributed by atoms with Gasteiger partial charge in [-0.2, -0.15) is 5.10 Å². The molecular weight excluding hydrogens is 699 g/mol. The van der Waals surface area contributed by atoms with E-state index in [0.717, 1.165) is 68.4 Å². The number of imidazole rings is 1. The van der Waals surface area contributed by atoms with Gasteiger partial charge in [0, 0.05) is 62.5 Å². The Morgan fingerprint density at radius 1 is 0.981 bits per heavy atom. The van der Waals surface area contributed by atoms with Crippen LogP contribution in [-0.4, -0.2) is 67.4 Å². The first kappa shape index (κ1) is 35.3. The van der Waals surface area contributed by atoms with Crippen LogP contribution in [0.3, 0.4) is 0 Å². The van der Waals surface area contributed by atoms with E-state index in [2.05, 4.69) is 25.9 Å². The molecule has 4 aromatic rings. The van der Waals surface area contributed by atoms with Crippen LogP contribution in [0, 0.1) is 11.3 Å². The van der Waals surface area contributed by atoms with Crippen molar-refractivity contribution in [3.63, 3.8) is 0 Å². The number of aliphatic hydroxyl groups excluding tert-OH is 1. The lowest BCUT2D eigenvalue weighted by Gasteiger charge is -2.32. The summed E-state index contributed by atoms with van der Waals surface area (Å²) in [6.07, 6.45) is 11.0. The first-order valence-corrected chi connectivity index (χ1v) is 19.4. The van der Waals surface area contributed by atoms with Gasteiger partial charge in [-0.15, -0.1) is 0 Å². The fourth-order valence-electron chi connectivity index (χ4n) is 9.11. The fraction of sp³-hybridized carbons (Fsp3) is 0.487. The molecule has 2 amide bonds. The van der Waals surface area contributed by atoms with Gasteiger partial charge in [-0.05, 0) is 87.4 Å². The maximum atomic E-state index is 13.7. The summed E-state index contributed by atoms with van der Waals surface area (Å²) in [6.45, 7) is 4.08. The number of carbonyl (C=O) groups excluding carboxylic acids is 2. The van der Waals surface area contributed by atoms with E-state index in [1.807, 2.05) is 34.5 Å². The summed E-state index contributed by atoms with van der Waals surface area (Å²) in [7, 11) is 1.91. The lowest BCUT2D eigenvalue weighted by atomic mass is 9.81. The number of nitrogens with one attached hydrogen (secondary N) is 3. The van der Waals surface area contributed by atoms with Crippen LogP contribution in [0.5, 0.6) is 0 Å². The van der Waals surface area contributed by atoms with Crippen LogP contribution < -0.4 is 16.0 Å². The highest BCUT2D eigenvalue weighted by Gasteiger charge is 2.44. The molecule has 2 bridgehead atoms. The van der Waals surface area contributed by atoms with Gasteiger partial charge in [-0.3, -0.25) is 19.2 Å². The third-order valence-corrected chi connectivity index (χ3v) is 12.7. The number of fused-ring (bicyclic) bond motifs is 4. The number of rotatable bonds is 11. The number of nitrogens with zero attached hydrogens (tertiary/aromatic N) is 5. The predicted molar refractivity (Wildman–Crippen MR) is 203 cm³/mol. The molecular formula is C39H46Cl2N8O3. The smallest absolute Gasteiger partial charge is 0.291 e. The first-order chi connectivity index (χ1) is 25.2. The normalized spacial score (nSPS) is 22.3. The number of hydrogen-bond acceptors (Lipinski definition) is 7. The van der Waals surface area contributed by atoms with Gasteiger partial charge in [0.1, 0.15) is 0 Å². The SMILES string of the molecule is Cn1c(C(=O)Nc2cccc(-c3cccc(NC(=O)c4cc5n(n4)CCCC5NCCO)c3Cl)c2Cl)nc2c1CCN(CCC13CCC(CC1)C3)C2. The Bertz CT molecular complexity index is 2000. The molecule has 4 heterocycles. The molecule has 274 valence electrons. The molecule has 0 saturated heterocycles. The Morgan fingerprint density at radius 2 is 1.69 bits per heavy atom. The van der Waals surface area contributed by atoms with Gasteiger partial charge in [0.05, 0.1) is 39.4 Å². The number of aromatic nitrogens is 4. The van der Waals surface area contributed by atoms with Crippen LogP contribution in [0.2, 0.25) is 10.0 Å². The zero-order valence-corrected chi connectivity index (χ0v) is 31.1. The molecule has 2 saturated carbocycles. The van der Waals surface area contributed by atoms with Gasteiger partial charge < -0.3 is 25.6 Å². The topological polar surface area (TPSA) is 129 Å². The number of halogens is 2. The second-order valence-corrected chi connectivity index (χ2v) is 15.9. The Labute approximate surface area is 314 Å². The van der Waals surface area contributed by atoms with Gasteiger partial charge in [0.15, 0.2) is 11.5 Å². The van der Waals surface area contributed by atoms with Crippen LogP contribution in [-0.2, 0) is 26.6 Å². The van der Waals surface area contributed by atoms with Gasteiger partial charge in [-0.1, -0.05) is 47.5 Å². The molecule has 13 heteroatoms. The number of aryl methyl sites for hydroxylation is 1. The van der Waals surface area contributed by atoms with Crippen molar-refractivity contribution >= 4 is 46.4 Å². The Hall–Kier alpha value is -3.74. The van der Waals surface area contributed by atoms with Gasteiger partial charge >= 0.3 is 0 Å². The second kappa shape index (κ2) is 14.6. The number of carbonyl (C=O) groups is 2. The van der Waals surface area contributed by atoms with E-state index in [0.29, 0.717) is 50.3 Å².